The lowest BCUT2D eigenvalue weighted by atomic mass is 10.1. The number of nitrogen functional groups attached to an aromatic ring is 1. The molecule has 2 aromatic rings. The molecule has 0 aliphatic heterocycles. The molecule has 3 N–H and O–H groups in total. The van der Waals surface area contributed by atoms with Crippen molar-refractivity contribution in [2.75, 3.05) is 5.73 Å². The number of rotatable bonds is 1. The van der Waals surface area contributed by atoms with Gasteiger partial charge in [-0.1, -0.05) is 0 Å². The summed E-state index contributed by atoms with van der Waals surface area (Å²) in [5, 5.41) is 8.97. The summed E-state index contributed by atoms with van der Waals surface area (Å²) in [6.45, 7) is 0. The molecule has 2 rings (SSSR count). The molecule has 18 heavy (non-hydrogen) atoms. The Hall–Kier alpha value is -2.25. The average molecular weight is 259 g/mol. The predicted octanol–water partition coefficient (Wildman–Crippen LogP) is 1.87. The smallest absolute Gasteiger partial charge is 0.449 e. The molecule has 0 aliphatic rings. The van der Waals surface area contributed by atoms with Gasteiger partial charge < -0.3 is 15.4 Å². The molecule has 0 saturated heterocycles. The minimum absolute atomic E-state index is 0.0479. The number of aromatic nitrogens is 2. The van der Waals surface area contributed by atoms with Gasteiger partial charge in [-0.05, 0) is 12.1 Å². The normalized spacial score (nSPS) is 12.0. The number of alkyl halides is 3. The monoisotopic (exact) mass is 259 g/mol. The number of halogens is 3. The topological polar surface area (TPSA) is 81.1 Å². The maximum absolute atomic E-state index is 12.7. The van der Waals surface area contributed by atoms with Crippen molar-refractivity contribution in [1.29, 1.82) is 0 Å². The van der Waals surface area contributed by atoms with Crippen LogP contribution in [0.15, 0.2) is 12.1 Å². The molecule has 0 unspecified atom stereocenters. The number of aryl methyl sites for hydroxylation is 1. The highest BCUT2D eigenvalue weighted by Crippen LogP contribution is 2.32. The largest absolute Gasteiger partial charge is 0.478 e. The Morgan fingerprint density at radius 1 is 1.44 bits per heavy atom. The Bertz CT molecular complexity index is 646. The first-order chi connectivity index (χ1) is 8.21. The molecule has 0 bridgehead atoms. The fourth-order valence-corrected chi connectivity index (χ4v) is 1.79. The first-order valence-corrected chi connectivity index (χ1v) is 4.78. The summed E-state index contributed by atoms with van der Waals surface area (Å²) >= 11 is 0. The molecule has 96 valence electrons. The van der Waals surface area contributed by atoms with Gasteiger partial charge in [0.2, 0.25) is 5.82 Å². The number of aromatic carboxylic acids is 1. The van der Waals surface area contributed by atoms with Gasteiger partial charge in [0, 0.05) is 12.7 Å². The third-order valence-electron chi connectivity index (χ3n) is 2.48. The van der Waals surface area contributed by atoms with E-state index < -0.39 is 18.0 Å². The van der Waals surface area contributed by atoms with Gasteiger partial charge in [-0.25, -0.2) is 9.78 Å². The van der Waals surface area contributed by atoms with E-state index in [0.29, 0.717) is 4.57 Å². The molecule has 0 amide bonds. The average Bonchev–Trinajstić information content (AvgIpc) is 2.54. The molecule has 1 aromatic carbocycles. The molecule has 0 aliphatic carbocycles. The number of carboxylic acid groups (broad SMARTS) is 1. The van der Waals surface area contributed by atoms with E-state index in [4.69, 9.17) is 10.8 Å². The van der Waals surface area contributed by atoms with E-state index in [1.165, 1.54) is 6.07 Å². The maximum Gasteiger partial charge on any atom is 0.449 e. The highest BCUT2D eigenvalue weighted by Gasteiger charge is 2.37. The van der Waals surface area contributed by atoms with E-state index in [0.717, 1.165) is 13.1 Å². The second kappa shape index (κ2) is 3.62. The lowest BCUT2D eigenvalue weighted by molar-refractivity contribution is -0.146. The van der Waals surface area contributed by atoms with Crippen LogP contribution in [-0.4, -0.2) is 20.6 Å². The number of hydrogen-bond donors (Lipinski definition) is 2. The zero-order valence-electron chi connectivity index (χ0n) is 9.12. The molecule has 8 heteroatoms. The number of benzene rings is 1. The van der Waals surface area contributed by atoms with Crippen LogP contribution in [0, 0.1) is 0 Å². The lowest BCUT2D eigenvalue weighted by Gasteiger charge is -2.06. The SMILES string of the molecule is Cn1c(C(F)(F)F)nc2cc(N)cc(C(=O)O)c21. The number of hydrogen-bond acceptors (Lipinski definition) is 3. The van der Waals surface area contributed by atoms with Crippen LogP contribution in [0.4, 0.5) is 18.9 Å². The molecule has 0 spiro atoms. The molecule has 5 nitrogen and oxygen atoms in total. The van der Waals surface area contributed by atoms with Gasteiger partial charge in [-0.15, -0.1) is 0 Å². The molecular weight excluding hydrogens is 251 g/mol. The van der Waals surface area contributed by atoms with E-state index in [1.54, 1.807) is 0 Å². The summed E-state index contributed by atoms with van der Waals surface area (Å²) in [7, 11) is 1.11. The Balaban J connectivity index is 2.89. The number of nitrogens with zero attached hydrogens (tertiary/aromatic N) is 2. The third kappa shape index (κ3) is 1.75. The second-order valence-electron chi connectivity index (χ2n) is 3.73. The van der Waals surface area contributed by atoms with Crippen LogP contribution in [0.25, 0.3) is 11.0 Å². The fraction of sp³-hybridized carbons (Fsp3) is 0.200. The minimum atomic E-state index is -4.65. The number of fused-ring (bicyclic) bond motifs is 1. The van der Waals surface area contributed by atoms with Gasteiger partial charge in [0.25, 0.3) is 0 Å². The van der Waals surface area contributed by atoms with Crippen molar-refractivity contribution in [3.63, 3.8) is 0 Å². The number of anilines is 1. The van der Waals surface area contributed by atoms with Gasteiger partial charge in [-0.2, -0.15) is 13.2 Å². The molecule has 0 fully saturated rings. The number of nitrogens with two attached hydrogens (primary N) is 1. The molecule has 1 heterocycles. The molecule has 0 atom stereocenters. The van der Waals surface area contributed by atoms with Crippen molar-refractivity contribution in [2.45, 2.75) is 6.18 Å². The van der Waals surface area contributed by atoms with Crippen molar-refractivity contribution in [3.05, 3.63) is 23.5 Å². The van der Waals surface area contributed by atoms with Gasteiger partial charge in [-0.3, -0.25) is 0 Å². The quantitative estimate of drug-likeness (QED) is 0.766. The zero-order chi connectivity index (χ0) is 13.7. The first-order valence-electron chi connectivity index (χ1n) is 4.78. The highest BCUT2D eigenvalue weighted by atomic mass is 19.4. The summed E-state index contributed by atoms with van der Waals surface area (Å²) in [5.74, 6) is -2.52. The van der Waals surface area contributed by atoms with Crippen LogP contribution in [-0.2, 0) is 13.2 Å². The number of carboxylic acids is 1. The third-order valence-corrected chi connectivity index (χ3v) is 2.48. The highest BCUT2D eigenvalue weighted by molar-refractivity contribution is 6.02. The van der Waals surface area contributed by atoms with E-state index in [2.05, 4.69) is 4.98 Å². The molecular formula is C10H8F3N3O2. The van der Waals surface area contributed by atoms with Gasteiger partial charge >= 0.3 is 12.1 Å². The maximum atomic E-state index is 12.7. The van der Waals surface area contributed by atoms with E-state index in [-0.39, 0.29) is 22.3 Å². The minimum Gasteiger partial charge on any atom is -0.478 e. The van der Waals surface area contributed by atoms with E-state index >= 15 is 0 Å². The van der Waals surface area contributed by atoms with Crippen molar-refractivity contribution >= 4 is 22.7 Å². The Labute approximate surface area is 98.6 Å². The standard InChI is InChI=1S/C10H8F3N3O2/c1-16-7-5(8(17)18)2-4(14)3-6(7)15-9(16)10(11,12)13/h2-3H,14H2,1H3,(H,17,18). The Morgan fingerprint density at radius 3 is 2.56 bits per heavy atom. The van der Waals surface area contributed by atoms with Crippen LogP contribution in [0.1, 0.15) is 16.2 Å². The molecule has 0 radical (unpaired) electrons. The van der Waals surface area contributed by atoms with Crippen molar-refractivity contribution in [2.24, 2.45) is 7.05 Å². The van der Waals surface area contributed by atoms with Crippen molar-refractivity contribution in [1.82, 2.24) is 9.55 Å². The van der Waals surface area contributed by atoms with Crippen LogP contribution in [0.5, 0.6) is 0 Å². The van der Waals surface area contributed by atoms with E-state index in [9.17, 15) is 18.0 Å². The van der Waals surface area contributed by atoms with Gasteiger partial charge in [0.15, 0.2) is 0 Å². The Morgan fingerprint density at radius 2 is 2.06 bits per heavy atom. The van der Waals surface area contributed by atoms with Crippen LogP contribution >= 0.6 is 0 Å². The predicted molar refractivity (Wildman–Crippen MR) is 57.1 cm³/mol. The lowest BCUT2D eigenvalue weighted by Crippen LogP contribution is -2.13. The van der Waals surface area contributed by atoms with Crippen LogP contribution < -0.4 is 5.73 Å². The molecule has 0 saturated carbocycles. The summed E-state index contributed by atoms with van der Waals surface area (Å²) in [6.07, 6.45) is -4.65. The fourth-order valence-electron chi connectivity index (χ4n) is 1.79. The second-order valence-corrected chi connectivity index (χ2v) is 3.73. The number of carbonyl (C=O) groups is 1. The summed E-state index contributed by atoms with van der Waals surface area (Å²) < 4.78 is 38.7. The summed E-state index contributed by atoms with van der Waals surface area (Å²) in [4.78, 5) is 14.4. The van der Waals surface area contributed by atoms with Crippen LogP contribution in [0.3, 0.4) is 0 Å². The van der Waals surface area contributed by atoms with Crippen molar-refractivity contribution < 1.29 is 23.1 Å². The summed E-state index contributed by atoms with van der Waals surface area (Å²) in [6, 6.07) is 2.31. The Kier molecular flexibility index (Phi) is 2.46. The van der Waals surface area contributed by atoms with Gasteiger partial charge in [0.05, 0.1) is 16.6 Å². The summed E-state index contributed by atoms with van der Waals surface area (Å²) in [5.41, 5.74) is 4.97. The first kappa shape index (κ1) is 12.2. The number of imidazole rings is 1. The zero-order valence-corrected chi connectivity index (χ0v) is 9.12. The van der Waals surface area contributed by atoms with Crippen LogP contribution in [0.2, 0.25) is 0 Å². The van der Waals surface area contributed by atoms with Crippen molar-refractivity contribution in [3.8, 4) is 0 Å². The van der Waals surface area contributed by atoms with Gasteiger partial charge in [0.1, 0.15) is 0 Å². The van der Waals surface area contributed by atoms with E-state index in [1.807, 2.05) is 0 Å². The molecule has 1 aromatic heterocycles.